The molecular weight excluding hydrogens is 346 g/mol. The number of hydrogen-bond donors (Lipinski definition) is 1. The average Bonchev–Trinajstić information content (AvgIpc) is 3.26. The molecule has 0 radical (unpaired) electrons. The highest BCUT2D eigenvalue weighted by molar-refractivity contribution is 6.00. The molecular formula is C18H21N7O2. The second-order valence-corrected chi connectivity index (χ2v) is 7.01. The summed E-state index contributed by atoms with van der Waals surface area (Å²) >= 11 is 0. The average molecular weight is 367 g/mol. The quantitative estimate of drug-likeness (QED) is 0.736. The van der Waals surface area contributed by atoms with E-state index in [1.54, 1.807) is 15.4 Å². The number of rotatable bonds is 4. The molecule has 0 bridgehead atoms. The van der Waals surface area contributed by atoms with E-state index < -0.39 is 0 Å². The predicted octanol–water partition coefficient (Wildman–Crippen LogP) is 0.859. The molecule has 0 unspecified atom stereocenters. The van der Waals surface area contributed by atoms with Crippen molar-refractivity contribution in [3.63, 3.8) is 0 Å². The van der Waals surface area contributed by atoms with E-state index >= 15 is 0 Å². The van der Waals surface area contributed by atoms with Gasteiger partial charge in [0.15, 0.2) is 5.65 Å². The Morgan fingerprint density at radius 2 is 2.11 bits per heavy atom. The van der Waals surface area contributed by atoms with Crippen LogP contribution in [0.3, 0.4) is 0 Å². The third-order valence-electron chi connectivity index (χ3n) is 4.99. The first-order valence-electron chi connectivity index (χ1n) is 9.21. The highest BCUT2D eigenvalue weighted by atomic mass is 16.5. The summed E-state index contributed by atoms with van der Waals surface area (Å²) in [6.07, 6.45) is 5.60. The Bertz CT molecular complexity index is 998. The molecule has 140 valence electrons. The number of pyridine rings is 1. The standard InChI is InChI=1S/C18H21N7O2/c1-23-16(14(11-19-23)17(26)20-13-2-3-13)12-4-5-25-15(10-12)21-18(22-25)24-6-8-27-9-7-24/h4-5,10-11,13H,2-3,6-9H2,1H3,(H,20,26). The number of carbonyl (C=O) groups is 1. The molecule has 1 aliphatic carbocycles. The predicted molar refractivity (Wildman–Crippen MR) is 98.7 cm³/mol. The van der Waals surface area contributed by atoms with Crippen molar-refractivity contribution in [1.29, 1.82) is 0 Å². The minimum Gasteiger partial charge on any atom is -0.378 e. The SMILES string of the molecule is Cn1ncc(C(=O)NC2CC2)c1-c1ccn2nc(N3CCOCC3)nc2c1. The summed E-state index contributed by atoms with van der Waals surface area (Å²) in [5.41, 5.74) is 3.00. The monoisotopic (exact) mass is 367 g/mol. The number of ether oxygens (including phenoxy) is 1. The van der Waals surface area contributed by atoms with Gasteiger partial charge in [-0.25, -0.2) is 4.52 Å². The maximum absolute atomic E-state index is 12.6. The van der Waals surface area contributed by atoms with Crippen molar-refractivity contribution in [1.82, 2.24) is 29.7 Å². The van der Waals surface area contributed by atoms with Gasteiger partial charge >= 0.3 is 0 Å². The van der Waals surface area contributed by atoms with Crippen LogP contribution >= 0.6 is 0 Å². The first-order valence-corrected chi connectivity index (χ1v) is 9.21. The van der Waals surface area contributed by atoms with E-state index in [-0.39, 0.29) is 5.91 Å². The third-order valence-corrected chi connectivity index (χ3v) is 4.99. The molecule has 1 N–H and O–H groups in total. The van der Waals surface area contributed by atoms with Crippen LogP contribution in [-0.2, 0) is 11.8 Å². The fraction of sp³-hybridized carbons (Fsp3) is 0.444. The van der Waals surface area contributed by atoms with E-state index in [1.165, 1.54) is 0 Å². The molecule has 1 amide bonds. The number of aromatic nitrogens is 5. The highest BCUT2D eigenvalue weighted by Gasteiger charge is 2.26. The molecule has 27 heavy (non-hydrogen) atoms. The Labute approximate surface area is 155 Å². The van der Waals surface area contributed by atoms with E-state index in [9.17, 15) is 4.79 Å². The maximum atomic E-state index is 12.6. The summed E-state index contributed by atoms with van der Waals surface area (Å²) in [6, 6.07) is 4.19. The summed E-state index contributed by atoms with van der Waals surface area (Å²) in [6.45, 7) is 2.96. The lowest BCUT2D eigenvalue weighted by molar-refractivity contribution is 0.0951. The molecule has 1 saturated carbocycles. The summed E-state index contributed by atoms with van der Waals surface area (Å²) in [5, 5.41) is 11.9. The topological polar surface area (TPSA) is 89.6 Å². The van der Waals surface area contributed by atoms with Gasteiger partial charge < -0.3 is 15.0 Å². The fourth-order valence-electron chi connectivity index (χ4n) is 3.35. The van der Waals surface area contributed by atoms with E-state index in [2.05, 4.69) is 25.4 Å². The zero-order valence-corrected chi connectivity index (χ0v) is 15.1. The van der Waals surface area contributed by atoms with Crippen molar-refractivity contribution in [2.75, 3.05) is 31.2 Å². The van der Waals surface area contributed by atoms with Crippen LogP contribution in [-0.4, -0.2) is 62.6 Å². The zero-order chi connectivity index (χ0) is 18.4. The number of carbonyl (C=O) groups excluding carboxylic acids is 1. The fourth-order valence-corrected chi connectivity index (χ4v) is 3.35. The molecule has 1 saturated heterocycles. The van der Waals surface area contributed by atoms with Crippen LogP contribution in [0.2, 0.25) is 0 Å². The van der Waals surface area contributed by atoms with Gasteiger partial charge in [-0.1, -0.05) is 0 Å². The molecule has 0 atom stereocenters. The number of aryl methyl sites for hydroxylation is 1. The van der Waals surface area contributed by atoms with Gasteiger partial charge in [-0.3, -0.25) is 9.48 Å². The van der Waals surface area contributed by atoms with Crippen LogP contribution in [0.15, 0.2) is 24.5 Å². The van der Waals surface area contributed by atoms with Crippen molar-refractivity contribution in [2.24, 2.45) is 7.05 Å². The lowest BCUT2D eigenvalue weighted by Gasteiger charge is -2.25. The summed E-state index contributed by atoms with van der Waals surface area (Å²) in [5.74, 6) is 0.628. The Balaban J connectivity index is 1.50. The smallest absolute Gasteiger partial charge is 0.255 e. The number of nitrogens with zero attached hydrogens (tertiary/aromatic N) is 6. The van der Waals surface area contributed by atoms with Crippen molar-refractivity contribution in [3.8, 4) is 11.3 Å². The van der Waals surface area contributed by atoms with Gasteiger partial charge in [-0.2, -0.15) is 10.1 Å². The van der Waals surface area contributed by atoms with Gasteiger partial charge in [0.1, 0.15) is 0 Å². The molecule has 3 aromatic rings. The van der Waals surface area contributed by atoms with E-state index in [0.717, 1.165) is 42.8 Å². The molecule has 9 nitrogen and oxygen atoms in total. The van der Waals surface area contributed by atoms with Crippen LogP contribution in [0.1, 0.15) is 23.2 Å². The molecule has 0 aromatic carbocycles. The van der Waals surface area contributed by atoms with Gasteiger partial charge in [0.05, 0.1) is 30.7 Å². The van der Waals surface area contributed by atoms with Crippen LogP contribution in [0, 0.1) is 0 Å². The Kier molecular flexibility index (Phi) is 3.82. The first kappa shape index (κ1) is 16.2. The van der Waals surface area contributed by atoms with E-state index in [0.29, 0.717) is 30.8 Å². The van der Waals surface area contributed by atoms with Gasteiger partial charge in [-0.15, -0.1) is 5.10 Å². The lowest BCUT2D eigenvalue weighted by Crippen LogP contribution is -2.36. The molecule has 4 heterocycles. The highest BCUT2D eigenvalue weighted by Crippen LogP contribution is 2.26. The maximum Gasteiger partial charge on any atom is 0.255 e. The molecule has 5 rings (SSSR count). The van der Waals surface area contributed by atoms with Crippen LogP contribution in [0.5, 0.6) is 0 Å². The third kappa shape index (κ3) is 3.03. The van der Waals surface area contributed by atoms with Crippen molar-refractivity contribution in [3.05, 3.63) is 30.1 Å². The van der Waals surface area contributed by atoms with Gasteiger partial charge in [-0.05, 0) is 25.0 Å². The Morgan fingerprint density at radius 1 is 1.30 bits per heavy atom. The number of fused-ring (bicyclic) bond motifs is 1. The van der Waals surface area contributed by atoms with Crippen LogP contribution in [0.4, 0.5) is 5.95 Å². The zero-order valence-electron chi connectivity index (χ0n) is 15.1. The lowest BCUT2D eigenvalue weighted by atomic mass is 10.1. The number of nitrogens with one attached hydrogen (secondary N) is 1. The molecule has 2 fully saturated rings. The number of morpholine rings is 1. The first-order chi connectivity index (χ1) is 13.2. The second-order valence-electron chi connectivity index (χ2n) is 7.01. The second kappa shape index (κ2) is 6.34. The van der Waals surface area contributed by atoms with Gasteiger partial charge in [0.25, 0.3) is 5.91 Å². The molecule has 3 aromatic heterocycles. The van der Waals surface area contributed by atoms with Gasteiger partial charge in [0, 0.05) is 37.9 Å². The minimum absolute atomic E-state index is 0.0732. The largest absolute Gasteiger partial charge is 0.378 e. The minimum atomic E-state index is -0.0732. The van der Waals surface area contributed by atoms with Gasteiger partial charge in [0.2, 0.25) is 5.95 Å². The number of amides is 1. The van der Waals surface area contributed by atoms with Crippen LogP contribution < -0.4 is 10.2 Å². The normalized spacial score (nSPS) is 17.4. The van der Waals surface area contributed by atoms with E-state index in [4.69, 9.17) is 4.74 Å². The Morgan fingerprint density at radius 3 is 2.89 bits per heavy atom. The van der Waals surface area contributed by atoms with Crippen molar-refractivity contribution >= 4 is 17.5 Å². The molecule has 9 heteroatoms. The van der Waals surface area contributed by atoms with Crippen molar-refractivity contribution < 1.29 is 9.53 Å². The molecule has 0 spiro atoms. The van der Waals surface area contributed by atoms with Crippen molar-refractivity contribution in [2.45, 2.75) is 18.9 Å². The molecule has 2 aliphatic rings. The van der Waals surface area contributed by atoms with Crippen LogP contribution in [0.25, 0.3) is 16.9 Å². The summed E-state index contributed by atoms with van der Waals surface area (Å²) in [7, 11) is 1.84. The molecule has 1 aliphatic heterocycles. The summed E-state index contributed by atoms with van der Waals surface area (Å²) in [4.78, 5) is 19.3. The number of hydrogen-bond acceptors (Lipinski definition) is 6. The Hall–Kier alpha value is -2.94. The summed E-state index contributed by atoms with van der Waals surface area (Å²) < 4.78 is 8.88. The van der Waals surface area contributed by atoms with E-state index in [1.807, 2.05) is 25.4 Å². The number of anilines is 1.